The van der Waals surface area contributed by atoms with Crippen LogP contribution in [-0.2, 0) is 24.2 Å². The smallest absolute Gasteiger partial charge is 0.338 e. The topological polar surface area (TPSA) is 119 Å². The summed E-state index contributed by atoms with van der Waals surface area (Å²) in [6.07, 6.45) is 0. The van der Waals surface area contributed by atoms with Gasteiger partial charge in [0.15, 0.2) is 9.84 Å². The van der Waals surface area contributed by atoms with Crippen LogP contribution in [0.5, 0.6) is 0 Å². The molecule has 0 spiro atoms. The fourth-order valence-electron chi connectivity index (χ4n) is 2.51. The number of hydrogen-bond donors (Lipinski definition) is 2. The molecule has 2 aromatic carbocycles. The van der Waals surface area contributed by atoms with Gasteiger partial charge in [-0.2, -0.15) is 0 Å². The Labute approximate surface area is 169 Å². The molecule has 0 bridgehead atoms. The van der Waals surface area contributed by atoms with Crippen LogP contribution in [0.3, 0.4) is 0 Å². The summed E-state index contributed by atoms with van der Waals surface area (Å²) in [6.45, 7) is 3.72. The molecule has 0 saturated heterocycles. The number of nitrogens with one attached hydrogen (secondary N) is 2. The molecule has 0 radical (unpaired) electrons. The average molecular weight is 418 g/mol. The Hall–Kier alpha value is -3.20. The number of carbonyl (C=O) groups excluding carboxylic acids is 3. The van der Waals surface area contributed by atoms with Gasteiger partial charge in [-0.3, -0.25) is 9.59 Å². The summed E-state index contributed by atoms with van der Waals surface area (Å²) in [5.74, 6) is -3.78. The normalized spacial score (nSPS) is 10.8. The van der Waals surface area contributed by atoms with Crippen molar-refractivity contribution in [2.24, 2.45) is 0 Å². The van der Waals surface area contributed by atoms with E-state index in [1.165, 1.54) is 24.3 Å². The second-order valence-corrected chi connectivity index (χ2v) is 8.36. The van der Waals surface area contributed by atoms with Crippen molar-refractivity contribution in [3.05, 3.63) is 59.7 Å². The molecule has 0 heterocycles. The van der Waals surface area contributed by atoms with Gasteiger partial charge in [-0.25, -0.2) is 13.2 Å². The van der Waals surface area contributed by atoms with Gasteiger partial charge in [0.25, 0.3) is 0 Å². The van der Waals surface area contributed by atoms with Gasteiger partial charge in [-0.1, -0.05) is 18.2 Å². The van der Waals surface area contributed by atoms with Crippen molar-refractivity contribution in [2.45, 2.75) is 13.8 Å². The van der Waals surface area contributed by atoms with E-state index in [4.69, 9.17) is 4.74 Å². The van der Waals surface area contributed by atoms with Crippen LogP contribution in [0.1, 0.15) is 22.8 Å². The highest BCUT2D eigenvalue weighted by Gasteiger charge is 2.21. The molecule has 0 atom stereocenters. The third-order valence-electron chi connectivity index (χ3n) is 3.66. The highest BCUT2D eigenvalue weighted by molar-refractivity contribution is 7.92. The second-order valence-electron chi connectivity index (χ2n) is 6.30. The molecule has 29 heavy (non-hydrogen) atoms. The molecule has 8 nitrogen and oxygen atoms in total. The first-order valence-electron chi connectivity index (χ1n) is 8.82. The summed E-state index contributed by atoms with van der Waals surface area (Å²) in [5, 5.41) is 4.90. The Morgan fingerprint density at radius 1 is 0.897 bits per heavy atom. The molecule has 154 valence electrons. The number of carbonyl (C=O) groups is 3. The number of sulfone groups is 1. The van der Waals surface area contributed by atoms with Crippen molar-refractivity contribution in [1.82, 2.24) is 0 Å². The van der Waals surface area contributed by atoms with Gasteiger partial charge < -0.3 is 15.4 Å². The lowest BCUT2D eigenvalue weighted by Gasteiger charge is -2.09. The molecule has 2 aromatic rings. The number of anilines is 2. The van der Waals surface area contributed by atoms with Crippen LogP contribution in [0.2, 0.25) is 0 Å². The first-order chi connectivity index (χ1) is 13.7. The number of hydrogen-bond acceptors (Lipinski definition) is 6. The van der Waals surface area contributed by atoms with Gasteiger partial charge in [0, 0.05) is 11.4 Å². The quantitative estimate of drug-likeness (QED) is 0.634. The maximum atomic E-state index is 12.2. The van der Waals surface area contributed by atoms with Crippen molar-refractivity contribution in [2.75, 3.05) is 28.7 Å². The van der Waals surface area contributed by atoms with Gasteiger partial charge in [-0.05, 0) is 49.7 Å². The minimum Gasteiger partial charge on any atom is -0.462 e. The van der Waals surface area contributed by atoms with E-state index in [1.807, 2.05) is 13.0 Å². The van der Waals surface area contributed by atoms with Crippen molar-refractivity contribution in [1.29, 1.82) is 0 Å². The molecule has 0 fully saturated rings. The number of esters is 1. The van der Waals surface area contributed by atoms with Gasteiger partial charge in [-0.15, -0.1) is 0 Å². The minimum atomic E-state index is -3.98. The van der Waals surface area contributed by atoms with Crippen LogP contribution in [-0.4, -0.2) is 44.3 Å². The lowest BCUT2D eigenvalue weighted by molar-refractivity contribution is -0.114. The van der Waals surface area contributed by atoms with Crippen LogP contribution < -0.4 is 10.6 Å². The third-order valence-corrected chi connectivity index (χ3v) is 5.07. The Morgan fingerprint density at radius 3 is 2.00 bits per heavy atom. The SMILES string of the molecule is CCOC(=O)c1cccc(NC(=O)CS(=O)(=O)CC(=O)Nc2cccc(C)c2)c1. The Kier molecular flexibility index (Phi) is 7.49. The van der Waals surface area contributed by atoms with Crippen LogP contribution >= 0.6 is 0 Å². The molecule has 2 N–H and O–H groups in total. The number of benzene rings is 2. The molecule has 2 rings (SSSR count). The van der Waals surface area contributed by atoms with E-state index < -0.39 is 39.1 Å². The summed E-state index contributed by atoms with van der Waals surface area (Å²) >= 11 is 0. The largest absolute Gasteiger partial charge is 0.462 e. The van der Waals surface area contributed by atoms with Crippen molar-refractivity contribution >= 4 is 39.0 Å². The van der Waals surface area contributed by atoms with Crippen LogP contribution in [0.15, 0.2) is 48.5 Å². The number of aryl methyl sites for hydroxylation is 1. The minimum absolute atomic E-state index is 0.207. The average Bonchev–Trinajstić information content (AvgIpc) is 2.60. The molecular weight excluding hydrogens is 396 g/mol. The number of amides is 2. The summed E-state index contributed by atoms with van der Waals surface area (Å²) in [5.41, 5.74) is 1.87. The fraction of sp³-hybridized carbons (Fsp3) is 0.250. The molecule has 9 heteroatoms. The standard InChI is InChI=1S/C20H22N2O6S/c1-3-28-20(25)15-7-5-9-17(11-15)22-19(24)13-29(26,27)12-18(23)21-16-8-4-6-14(2)10-16/h4-11H,3,12-13H2,1-2H3,(H,21,23)(H,22,24). The van der Waals surface area contributed by atoms with Crippen LogP contribution in [0, 0.1) is 6.92 Å². The van der Waals surface area contributed by atoms with Crippen LogP contribution in [0.4, 0.5) is 11.4 Å². The maximum Gasteiger partial charge on any atom is 0.338 e. The zero-order valence-electron chi connectivity index (χ0n) is 16.1. The molecular formula is C20H22N2O6S. The highest BCUT2D eigenvalue weighted by atomic mass is 32.2. The Morgan fingerprint density at radius 2 is 1.45 bits per heavy atom. The van der Waals surface area contributed by atoms with Gasteiger partial charge in [0.1, 0.15) is 11.5 Å². The summed E-state index contributed by atoms with van der Waals surface area (Å²) in [4.78, 5) is 35.8. The van der Waals surface area contributed by atoms with Crippen molar-refractivity contribution in [3.63, 3.8) is 0 Å². The fourth-order valence-corrected chi connectivity index (χ4v) is 3.55. The van der Waals surface area contributed by atoms with Crippen molar-refractivity contribution < 1.29 is 27.5 Å². The number of rotatable bonds is 8. The monoisotopic (exact) mass is 418 g/mol. The molecule has 0 unspecified atom stereocenters. The predicted molar refractivity (Wildman–Crippen MR) is 109 cm³/mol. The van der Waals surface area contributed by atoms with Crippen LogP contribution in [0.25, 0.3) is 0 Å². The van der Waals surface area contributed by atoms with E-state index in [1.54, 1.807) is 25.1 Å². The molecule has 0 saturated carbocycles. The Bertz CT molecular complexity index is 1020. The lowest BCUT2D eigenvalue weighted by atomic mass is 10.2. The van der Waals surface area contributed by atoms with Gasteiger partial charge >= 0.3 is 5.97 Å². The van der Waals surface area contributed by atoms with E-state index in [-0.39, 0.29) is 17.9 Å². The van der Waals surface area contributed by atoms with Crippen molar-refractivity contribution in [3.8, 4) is 0 Å². The zero-order chi connectivity index (χ0) is 21.4. The summed E-state index contributed by atoms with van der Waals surface area (Å²) in [6, 6.07) is 12.9. The van der Waals surface area contributed by atoms with E-state index in [0.29, 0.717) is 5.69 Å². The van der Waals surface area contributed by atoms with E-state index in [2.05, 4.69) is 10.6 Å². The van der Waals surface area contributed by atoms with Gasteiger partial charge in [0.2, 0.25) is 11.8 Å². The van der Waals surface area contributed by atoms with E-state index in [0.717, 1.165) is 5.56 Å². The molecule has 0 aliphatic rings. The highest BCUT2D eigenvalue weighted by Crippen LogP contribution is 2.13. The zero-order valence-corrected chi connectivity index (χ0v) is 16.9. The maximum absolute atomic E-state index is 12.2. The summed E-state index contributed by atoms with van der Waals surface area (Å²) < 4.78 is 29.2. The van der Waals surface area contributed by atoms with E-state index in [9.17, 15) is 22.8 Å². The van der Waals surface area contributed by atoms with Gasteiger partial charge in [0.05, 0.1) is 12.2 Å². The van der Waals surface area contributed by atoms with E-state index >= 15 is 0 Å². The Balaban J connectivity index is 1.94. The molecule has 2 amide bonds. The first-order valence-corrected chi connectivity index (χ1v) is 10.6. The molecule has 0 aliphatic carbocycles. The third kappa shape index (κ3) is 7.38. The lowest BCUT2D eigenvalue weighted by Crippen LogP contribution is -2.30. The second kappa shape index (κ2) is 9.83. The predicted octanol–water partition coefficient (Wildman–Crippen LogP) is 2.16. The summed E-state index contributed by atoms with van der Waals surface area (Å²) in [7, 11) is -3.98. The molecule has 0 aliphatic heterocycles. The molecule has 0 aromatic heterocycles. The first kappa shape index (κ1) is 22.1. The number of ether oxygens (including phenoxy) is 1.